The lowest BCUT2D eigenvalue weighted by molar-refractivity contribution is 1.07. The monoisotopic (exact) mass is 865 g/mol. The van der Waals surface area contributed by atoms with E-state index in [-0.39, 0.29) is 0 Å². The van der Waals surface area contributed by atoms with Crippen molar-refractivity contribution in [3.63, 3.8) is 0 Å². The highest BCUT2D eigenvalue weighted by Gasteiger charge is 2.21. The van der Waals surface area contributed by atoms with Gasteiger partial charge in [-0.1, -0.05) is 231 Å². The third kappa shape index (κ3) is 7.82. The molecular weight excluding hydrogens is 823 g/mol. The summed E-state index contributed by atoms with van der Waals surface area (Å²) in [7, 11) is 0. The summed E-state index contributed by atoms with van der Waals surface area (Å²) in [6.07, 6.45) is 0. The number of benzene rings is 11. The van der Waals surface area contributed by atoms with Gasteiger partial charge in [0.1, 0.15) is 0 Å². The van der Waals surface area contributed by atoms with Gasteiger partial charge in [0, 0.05) is 16.7 Å². The highest BCUT2D eigenvalue weighted by atomic mass is 15.0. The molecule has 0 radical (unpaired) electrons. The van der Waals surface area contributed by atoms with Crippen molar-refractivity contribution in [2.45, 2.75) is 0 Å². The predicted molar refractivity (Wildman–Crippen MR) is 284 cm³/mol. The van der Waals surface area contributed by atoms with Gasteiger partial charge in [0.25, 0.3) is 0 Å². The Hall–Kier alpha value is -9.05. The molecule has 0 aliphatic heterocycles. The number of rotatable bonds is 9. The molecule has 0 atom stereocenters. The third-order valence-corrected chi connectivity index (χ3v) is 12.9. The average molecular weight is 866 g/mol. The minimum Gasteiger partial charge on any atom is -0.208 e. The van der Waals surface area contributed by atoms with Crippen LogP contribution in [-0.2, 0) is 0 Å². The first kappa shape index (κ1) is 40.5. The molecule has 0 unspecified atom stereocenters. The van der Waals surface area contributed by atoms with Crippen LogP contribution in [0.1, 0.15) is 0 Å². The van der Waals surface area contributed by atoms with Crippen molar-refractivity contribution in [1.82, 2.24) is 15.0 Å². The van der Waals surface area contributed by atoms with Crippen LogP contribution in [0.25, 0.3) is 122 Å². The molecule has 12 aromatic rings. The Morgan fingerprint density at radius 3 is 1.00 bits per heavy atom. The van der Waals surface area contributed by atoms with Crippen LogP contribution in [-0.4, -0.2) is 15.0 Å². The lowest BCUT2D eigenvalue weighted by atomic mass is 9.83. The molecule has 3 nitrogen and oxygen atoms in total. The number of hydrogen-bond acceptors (Lipinski definition) is 3. The maximum atomic E-state index is 5.17. The molecule has 1 aromatic heterocycles. The summed E-state index contributed by atoms with van der Waals surface area (Å²) in [5.74, 6) is 1.87. The van der Waals surface area contributed by atoms with Gasteiger partial charge < -0.3 is 0 Å². The zero-order valence-electron chi connectivity index (χ0n) is 37.2. The van der Waals surface area contributed by atoms with E-state index in [1.165, 1.54) is 32.7 Å². The zero-order chi connectivity index (χ0) is 45.2. The van der Waals surface area contributed by atoms with E-state index in [4.69, 9.17) is 15.0 Å². The second-order valence-corrected chi connectivity index (χ2v) is 17.1. The van der Waals surface area contributed by atoms with E-state index in [1.807, 2.05) is 36.4 Å². The number of nitrogens with zero attached hydrogens (tertiary/aromatic N) is 3. The molecule has 0 saturated carbocycles. The maximum Gasteiger partial charge on any atom is 0.164 e. The summed E-state index contributed by atoms with van der Waals surface area (Å²) in [6, 6.07) is 93.1. The van der Waals surface area contributed by atoms with Gasteiger partial charge in [0.05, 0.1) is 0 Å². The van der Waals surface area contributed by atoms with E-state index in [2.05, 4.69) is 224 Å². The van der Waals surface area contributed by atoms with Crippen molar-refractivity contribution < 1.29 is 0 Å². The van der Waals surface area contributed by atoms with Crippen molar-refractivity contribution in [1.29, 1.82) is 0 Å². The van der Waals surface area contributed by atoms with Crippen LogP contribution in [0.15, 0.2) is 261 Å². The average Bonchev–Trinajstić information content (AvgIpc) is 3.43. The van der Waals surface area contributed by atoms with Crippen LogP contribution in [0.3, 0.4) is 0 Å². The molecule has 318 valence electrons. The molecule has 0 spiro atoms. The van der Waals surface area contributed by atoms with Crippen molar-refractivity contribution in [3.05, 3.63) is 261 Å². The van der Waals surface area contributed by atoms with Crippen LogP contribution in [0.5, 0.6) is 0 Å². The summed E-state index contributed by atoms with van der Waals surface area (Å²) >= 11 is 0. The molecule has 0 amide bonds. The molecule has 68 heavy (non-hydrogen) atoms. The van der Waals surface area contributed by atoms with Gasteiger partial charge in [-0.2, -0.15) is 0 Å². The van der Waals surface area contributed by atoms with Crippen LogP contribution < -0.4 is 0 Å². The summed E-state index contributed by atoms with van der Waals surface area (Å²) in [4.78, 5) is 15.3. The quantitative estimate of drug-likeness (QED) is 0.145. The molecule has 0 bridgehead atoms. The normalized spacial score (nSPS) is 11.2. The van der Waals surface area contributed by atoms with E-state index in [0.717, 1.165) is 72.3 Å². The Bertz CT molecular complexity index is 3570. The Kier molecular flexibility index (Phi) is 10.6. The summed E-state index contributed by atoms with van der Waals surface area (Å²) < 4.78 is 0. The molecule has 0 saturated heterocycles. The van der Waals surface area contributed by atoms with E-state index in [9.17, 15) is 0 Å². The Balaban J connectivity index is 1.12. The number of fused-ring (bicyclic) bond motifs is 2. The first-order valence-corrected chi connectivity index (χ1v) is 23.1. The Labute approximate surface area is 396 Å². The fourth-order valence-corrected chi connectivity index (χ4v) is 9.62. The largest absolute Gasteiger partial charge is 0.208 e. The molecule has 3 heteroatoms. The summed E-state index contributed by atoms with van der Waals surface area (Å²) in [5.41, 5.74) is 16.5. The molecule has 12 rings (SSSR count). The zero-order valence-corrected chi connectivity index (χ0v) is 37.2. The Morgan fingerprint density at radius 2 is 0.515 bits per heavy atom. The van der Waals surface area contributed by atoms with Crippen LogP contribution >= 0.6 is 0 Å². The molecule has 0 N–H and O–H groups in total. The first-order chi connectivity index (χ1) is 33.7. The molecular formula is C65H43N3. The summed E-state index contributed by atoms with van der Waals surface area (Å²) in [5, 5.41) is 4.89. The number of hydrogen-bond donors (Lipinski definition) is 0. The minimum atomic E-state index is 0.611. The molecule has 11 aromatic carbocycles. The smallest absolute Gasteiger partial charge is 0.164 e. The minimum absolute atomic E-state index is 0.611. The van der Waals surface area contributed by atoms with Gasteiger partial charge in [-0.15, -0.1) is 0 Å². The van der Waals surface area contributed by atoms with Gasteiger partial charge in [0.2, 0.25) is 0 Å². The molecule has 1 heterocycles. The van der Waals surface area contributed by atoms with E-state index >= 15 is 0 Å². The van der Waals surface area contributed by atoms with E-state index < -0.39 is 0 Å². The van der Waals surface area contributed by atoms with Gasteiger partial charge in [-0.05, 0) is 119 Å². The van der Waals surface area contributed by atoms with Gasteiger partial charge in [-0.3, -0.25) is 0 Å². The highest BCUT2D eigenvalue weighted by molar-refractivity contribution is 6.02. The Morgan fingerprint density at radius 1 is 0.191 bits per heavy atom. The topological polar surface area (TPSA) is 38.7 Å². The first-order valence-electron chi connectivity index (χ1n) is 23.1. The van der Waals surface area contributed by atoms with Crippen LogP contribution in [0.2, 0.25) is 0 Å². The van der Waals surface area contributed by atoms with Crippen LogP contribution in [0, 0.1) is 0 Å². The van der Waals surface area contributed by atoms with Gasteiger partial charge in [-0.25, -0.2) is 15.0 Å². The fraction of sp³-hybridized carbons (Fsp3) is 0. The lowest BCUT2D eigenvalue weighted by Gasteiger charge is -2.21. The van der Waals surface area contributed by atoms with E-state index in [0.29, 0.717) is 17.5 Å². The van der Waals surface area contributed by atoms with Crippen molar-refractivity contribution in [2.75, 3.05) is 0 Å². The second-order valence-electron chi connectivity index (χ2n) is 17.1. The van der Waals surface area contributed by atoms with Crippen molar-refractivity contribution >= 4 is 21.5 Å². The number of aromatic nitrogens is 3. The lowest BCUT2D eigenvalue weighted by Crippen LogP contribution is -2.00. The van der Waals surface area contributed by atoms with Gasteiger partial charge in [0.15, 0.2) is 17.5 Å². The fourth-order valence-electron chi connectivity index (χ4n) is 9.62. The molecule has 0 fully saturated rings. The molecule has 0 aliphatic rings. The van der Waals surface area contributed by atoms with E-state index in [1.54, 1.807) is 0 Å². The SMILES string of the molecule is c1ccc(-c2cc(-c3cccc(-c4cccc5ccccc45)c3)c(-c3cccc(-c4nc(-c5ccccc5)nc(-c5ccccc5)n4)c3)c(-c3cccc(-c4cccc5ccccc45)c3)c2)cc1. The molecule has 0 aliphatic carbocycles. The van der Waals surface area contributed by atoms with Crippen molar-refractivity contribution in [2.24, 2.45) is 0 Å². The van der Waals surface area contributed by atoms with Crippen molar-refractivity contribution in [3.8, 4) is 101 Å². The summed E-state index contributed by atoms with van der Waals surface area (Å²) in [6.45, 7) is 0. The predicted octanol–water partition coefficient (Wildman–Crippen LogP) is 17.2. The second kappa shape index (κ2) is 17.7. The highest BCUT2D eigenvalue weighted by Crippen LogP contribution is 2.46. The van der Waals surface area contributed by atoms with Gasteiger partial charge >= 0.3 is 0 Å². The third-order valence-electron chi connectivity index (χ3n) is 12.9. The standard InChI is InChI=1S/C65H43N3/c1-4-19-44(20-5-1)55-42-60(51-31-14-29-49(39-51)58-37-17-27-45-21-10-12-35-56(45)58)62(61(43-55)52-32-15-30-50(40-52)59-38-18-28-46-22-11-13-36-57(46)59)53-33-16-34-54(41-53)65-67-63(47-23-6-2-7-24-47)66-64(68-65)48-25-8-3-9-26-48/h1-43H. The van der Waals surface area contributed by atoms with Crippen LogP contribution in [0.4, 0.5) is 0 Å². The maximum absolute atomic E-state index is 5.17.